The Kier molecular flexibility index (Phi) is 5.77. The molecular weight excluding hydrogens is 361 g/mol. The number of halogens is 5. The minimum absolute atomic E-state index is 0.0841. The highest BCUT2D eigenvalue weighted by Crippen LogP contribution is 2.48. The normalized spacial score (nSPS) is 10.8. The summed E-state index contributed by atoms with van der Waals surface area (Å²) >= 11 is 28.9. The summed E-state index contributed by atoms with van der Waals surface area (Å²) in [4.78, 5) is 21.6. The van der Waals surface area contributed by atoms with Gasteiger partial charge in [0.1, 0.15) is 10.0 Å². The second-order valence-corrected chi connectivity index (χ2v) is 4.88. The number of esters is 1. The van der Waals surface area contributed by atoms with E-state index in [2.05, 4.69) is 0 Å². The second-order valence-electron chi connectivity index (χ2n) is 2.99. The molecule has 1 aromatic rings. The van der Waals surface area contributed by atoms with Crippen molar-refractivity contribution in [2.75, 3.05) is 0 Å². The molecule has 0 bridgehead atoms. The van der Waals surface area contributed by atoms with Gasteiger partial charge in [-0.2, -0.15) is 0 Å². The van der Waals surface area contributed by atoms with Crippen LogP contribution in [0.25, 0.3) is 0 Å². The highest BCUT2D eigenvalue weighted by atomic mass is 35.5. The number of carbonyl (C=O) groups is 2. The van der Waals surface area contributed by atoms with Crippen molar-refractivity contribution >= 4 is 69.9 Å². The lowest BCUT2D eigenvalue weighted by atomic mass is 10.3. The minimum atomic E-state index is -1.32. The van der Waals surface area contributed by atoms with Gasteiger partial charge < -0.3 is 9.84 Å². The molecule has 0 fully saturated rings. The molecule has 0 amide bonds. The Morgan fingerprint density at radius 1 is 0.842 bits per heavy atom. The molecule has 0 radical (unpaired) electrons. The zero-order chi connectivity index (χ0) is 14.7. The van der Waals surface area contributed by atoms with E-state index in [1.54, 1.807) is 0 Å². The molecule has 0 unspecified atom stereocenters. The molecule has 1 rings (SSSR count). The minimum Gasteiger partial charge on any atom is -0.478 e. The van der Waals surface area contributed by atoms with Crippen LogP contribution in [0.3, 0.4) is 0 Å². The number of hydrogen-bond donors (Lipinski definition) is 1. The van der Waals surface area contributed by atoms with Gasteiger partial charge in [-0.1, -0.05) is 58.0 Å². The van der Waals surface area contributed by atoms with Crippen molar-refractivity contribution in [2.24, 2.45) is 0 Å². The predicted molar refractivity (Wildman–Crippen MR) is 73.9 cm³/mol. The summed E-state index contributed by atoms with van der Waals surface area (Å²) in [5.41, 5.74) is 0. The molecule has 0 aromatic heterocycles. The highest BCUT2D eigenvalue weighted by molar-refractivity contribution is 6.55. The summed E-state index contributed by atoms with van der Waals surface area (Å²) in [7, 11) is 0. The van der Waals surface area contributed by atoms with Crippen LogP contribution in [-0.2, 0) is 9.59 Å². The van der Waals surface area contributed by atoms with Crippen LogP contribution in [0.5, 0.6) is 5.75 Å². The number of rotatable bonds is 3. The van der Waals surface area contributed by atoms with Gasteiger partial charge in [-0.15, -0.1) is 0 Å². The van der Waals surface area contributed by atoms with E-state index in [9.17, 15) is 9.59 Å². The summed E-state index contributed by atoms with van der Waals surface area (Å²) in [5.74, 6) is -2.63. The summed E-state index contributed by atoms with van der Waals surface area (Å²) in [6, 6.07) is 0. The zero-order valence-corrected chi connectivity index (χ0v) is 12.5. The van der Waals surface area contributed by atoms with Crippen LogP contribution in [0.4, 0.5) is 0 Å². The SMILES string of the molecule is O=C(O)/C=C/C(=O)Oc1c(Cl)c(Cl)c(Cl)c(Cl)c1Cl. The van der Waals surface area contributed by atoms with E-state index in [0.717, 1.165) is 0 Å². The molecule has 9 heteroatoms. The van der Waals surface area contributed by atoms with Gasteiger partial charge in [0.25, 0.3) is 0 Å². The Morgan fingerprint density at radius 3 is 1.68 bits per heavy atom. The van der Waals surface area contributed by atoms with Crippen LogP contribution in [-0.4, -0.2) is 17.0 Å². The monoisotopic (exact) mass is 362 g/mol. The lowest BCUT2D eigenvalue weighted by Crippen LogP contribution is -2.06. The van der Waals surface area contributed by atoms with Crippen LogP contribution < -0.4 is 4.74 Å². The Bertz CT molecular complexity index is 553. The van der Waals surface area contributed by atoms with Crippen LogP contribution in [0.15, 0.2) is 12.2 Å². The van der Waals surface area contributed by atoms with Crippen molar-refractivity contribution in [1.82, 2.24) is 0 Å². The van der Waals surface area contributed by atoms with Gasteiger partial charge in [-0.25, -0.2) is 9.59 Å². The number of carboxylic acid groups (broad SMARTS) is 1. The molecule has 4 nitrogen and oxygen atoms in total. The molecule has 19 heavy (non-hydrogen) atoms. The molecule has 0 aliphatic heterocycles. The summed E-state index contributed by atoms with van der Waals surface area (Å²) in [5, 5.41) is 7.58. The molecule has 0 spiro atoms. The van der Waals surface area contributed by atoms with Gasteiger partial charge in [0, 0.05) is 12.2 Å². The molecule has 102 valence electrons. The standard InChI is InChI=1S/C10H3Cl5O4/c11-5-6(12)8(14)10(9(15)7(5)13)19-4(18)2-1-3(16)17/h1-2H,(H,16,17)/b2-1+. The van der Waals surface area contributed by atoms with Crippen molar-refractivity contribution in [3.8, 4) is 5.75 Å². The number of aliphatic carboxylic acids is 1. The van der Waals surface area contributed by atoms with Crippen LogP contribution in [0.2, 0.25) is 25.1 Å². The number of carboxylic acids is 1. The van der Waals surface area contributed by atoms with Gasteiger partial charge >= 0.3 is 11.9 Å². The van der Waals surface area contributed by atoms with Crippen molar-refractivity contribution in [1.29, 1.82) is 0 Å². The molecule has 0 atom stereocenters. The summed E-state index contributed by atoms with van der Waals surface area (Å²) in [6.45, 7) is 0. The molecule has 0 saturated carbocycles. The van der Waals surface area contributed by atoms with Gasteiger partial charge in [0.2, 0.25) is 0 Å². The summed E-state index contributed by atoms with van der Waals surface area (Å²) < 4.78 is 4.76. The smallest absolute Gasteiger partial charge is 0.336 e. The third-order valence-corrected chi connectivity index (χ3v) is 3.98. The predicted octanol–water partition coefficient (Wildman–Crippen LogP) is 4.50. The van der Waals surface area contributed by atoms with Crippen molar-refractivity contribution in [2.45, 2.75) is 0 Å². The second kappa shape index (κ2) is 6.68. The number of hydrogen-bond acceptors (Lipinski definition) is 3. The Balaban J connectivity index is 3.16. The maximum Gasteiger partial charge on any atom is 0.336 e. The average Bonchev–Trinajstić information content (AvgIpc) is 2.36. The Hall–Kier alpha value is -0.650. The highest BCUT2D eigenvalue weighted by Gasteiger charge is 2.22. The zero-order valence-electron chi connectivity index (χ0n) is 8.72. The first-order valence-electron chi connectivity index (χ1n) is 4.40. The number of carbonyl (C=O) groups excluding carboxylic acids is 1. The third kappa shape index (κ3) is 3.91. The molecule has 0 aliphatic carbocycles. The number of benzene rings is 1. The fourth-order valence-electron chi connectivity index (χ4n) is 0.948. The Morgan fingerprint density at radius 2 is 1.26 bits per heavy atom. The van der Waals surface area contributed by atoms with Crippen LogP contribution in [0.1, 0.15) is 0 Å². The lowest BCUT2D eigenvalue weighted by Gasteiger charge is -2.11. The first kappa shape index (κ1) is 16.4. The van der Waals surface area contributed by atoms with E-state index in [0.29, 0.717) is 12.2 Å². The first-order chi connectivity index (χ1) is 8.75. The van der Waals surface area contributed by atoms with Crippen LogP contribution >= 0.6 is 58.0 Å². The largest absolute Gasteiger partial charge is 0.478 e. The average molecular weight is 364 g/mol. The van der Waals surface area contributed by atoms with Crippen molar-refractivity contribution < 1.29 is 19.4 Å². The first-order valence-corrected chi connectivity index (χ1v) is 6.29. The maximum absolute atomic E-state index is 11.3. The van der Waals surface area contributed by atoms with E-state index in [1.165, 1.54) is 0 Å². The van der Waals surface area contributed by atoms with Gasteiger partial charge in [-0.05, 0) is 0 Å². The fraction of sp³-hybridized carbons (Fsp3) is 0. The van der Waals surface area contributed by atoms with Gasteiger partial charge in [0.15, 0.2) is 5.75 Å². The fourth-order valence-corrected chi connectivity index (χ4v) is 2.15. The van der Waals surface area contributed by atoms with Crippen molar-refractivity contribution in [3.63, 3.8) is 0 Å². The van der Waals surface area contributed by atoms with Gasteiger partial charge in [-0.3, -0.25) is 0 Å². The van der Waals surface area contributed by atoms with E-state index in [-0.39, 0.29) is 30.9 Å². The van der Waals surface area contributed by atoms with E-state index >= 15 is 0 Å². The number of ether oxygens (including phenoxy) is 1. The molecule has 1 aromatic carbocycles. The van der Waals surface area contributed by atoms with E-state index < -0.39 is 11.9 Å². The maximum atomic E-state index is 11.3. The molecule has 1 N–H and O–H groups in total. The van der Waals surface area contributed by atoms with Crippen molar-refractivity contribution in [3.05, 3.63) is 37.3 Å². The van der Waals surface area contributed by atoms with E-state index in [1.807, 2.05) is 0 Å². The van der Waals surface area contributed by atoms with Gasteiger partial charge in [0.05, 0.1) is 15.1 Å². The molecular formula is C10H3Cl5O4. The molecule has 0 heterocycles. The summed E-state index contributed by atoms with van der Waals surface area (Å²) in [6.07, 6.45) is 1.26. The van der Waals surface area contributed by atoms with Crippen LogP contribution in [0, 0.1) is 0 Å². The molecule has 0 saturated heterocycles. The quantitative estimate of drug-likeness (QED) is 0.282. The molecule has 0 aliphatic rings. The Labute approximate surface area is 132 Å². The topological polar surface area (TPSA) is 63.6 Å². The van der Waals surface area contributed by atoms with E-state index in [4.69, 9.17) is 67.8 Å². The lowest BCUT2D eigenvalue weighted by molar-refractivity contribution is -0.133. The third-order valence-electron chi connectivity index (χ3n) is 1.73.